The Balaban J connectivity index is 0. The second-order valence-corrected chi connectivity index (χ2v) is 7.94. The van der Waals surface area contributed by atoms with Gasteiger partial charge in [0.2, 0.25) is 0 Å². The fourth-order valence-corrected chi connectivity index (χ4v) is 0. The Morgan fingerprint density at radius 2 is 0.556 bits per heavy atom. The number of hydrogen-bond acceptors (Lipinski definition) is 0. The van der Waals surface area contributed by atoms with Crippen LogP contribution in [0.3, 0.4) is 0 Å². The maximum Gasteiger partial charge on any atom is 1.00 e. The predicted octanol–water partition coefficient (Wildman–Crippen LogP) is -0.0571. The van der Waals surface area contributed by atoms with Crippen molar-refractivity contribution >= 4 is 0 Å². The van der Waals surface area contributed by atoms with Crippen LogP contribution >= 0.6 is 0 Å². The molecular formula is F7KNb-. The largest absolute Gasteiger partial charge is 1.00 e. The van der Waals surface area contributed by atoms with Crippen LogP contribution in [0.1, 0.15) is 0 Å². The Kier molecular flexibility index (Phi) is 2.23. The average Bonchev–Trinajstić information content (AvgIpc) is 0.544. The van der Waals surface area contributed by atoms with Gasteiger partial charge in [-0.3, -0.25) is 0 Å². The summed E-state index contributed by atoms with van der Waals surface area (Å²) in [5.74, 6) is 0. The first-order valence-electron chi connectivity index (χ1n) is 1.18. The maximum absolute atomic E-state index is 13.3. The second-order valence-electron chi connectivity index (χ2n) is 1.34. The summed E-state index contributed by atoms with van der Waals surface area (Å²) in [5, 5.41) is 0. The fraction of sp³-hybridized carbons (Fsp3) is 0. The molecule has 0 atom stereocenters. The topological polar surface area (TPSA) is 0 Å². The van der Waals surface area contributed by atoms with Gasteiger partial charge in [-0.1, -0.05) is 0 Å². The van der Waals surface area contributed by atoms with Crippen LogP contribution in [0.5, 0.6) is 0 Å². The van der Waals surface area contributed by atoms with E-state index in [0.717, 1.165) is 0 Å². The zero-order valence-corrected chi connectivity index (χ0v) is 9.41. The van der Waals surface area contributed by atoms with Crippen molar-refractivity contribution in [2.75, 3.05) is 0 Å². The van der Waals surface area contributed by atoms with Gasteiger partial charge >= 0.3 is 89.6 Å². The minimum atomic E-state index is -13.3. The molecule has 0 heterocycles. The molecule has 0 N–H and O–H groups in total. The number of halogens is 7. The van der Waals surface area contributed by atoms with E-state index in [4.69, 9.17) is 0 Å². The van der Waals surface area contributed by atoms with Crippen molar-refractivity contribution in [1.29, 1.82) is 0 Å². The van der Waals surface area contributed by atoms with Crippen molar-refractivity contribution in [2.24, 2.45) is 0 Å². The van der Waals surface area contributed by atoms with Gasteiger partial charge in [0.15, 0.2) is 0 Å². The quantitative estimate of drug-likeness (QED) is 0.425. The molecule has 0 amide bonds. The zero-order chi connectivity index (χ0) is 7.38. The van der Waals surface area contributed by atoms with Crippen molar-refractivity contribution in [1.82, 2.24) is 0 Å². The normalized spacial score (nSPS) is 24.1. The van der Waals surface area contributed by atoms with Gasteiger partial charge in [-0.15, -0.1) is 0 Å². The Morgan fingerprint density at radius 1 is 0.556 bits per heavy atom. The average molecular weight is 265 g/mol. The van der Waals surface area contributed by atoms with E-state index in [1.165, 1.54) is 0 Å². The minimum Gasteiger partial charge on any atom is 1.00 e. The maximum atomic E-state index is 9.94. The van der Waals surface area contributed by atoms with Gasteiger partial charge in [-0.25, -0.2) is 0 Å². The van der Waals surface area contributed by atoms with Crippen molar-refractivity contribution in [2.45, 2.75) is 0 Å². The molecule has 0 aromatic heterocycles. The summed E-state index contributed by atoms with van der Waals surface area (Å²) >= 11 is -13.3. The van der Waals surface area contributed by atoms with E-state index < -0.39 is 17.0 Å². The molecule has 56 valence electrons. The van der Waals surface area contributed by atoms with Gasteiger partial charge in [-0.05, 0) is 0 Å². The van der Waals surface area contributed by atoms with Gasteiger partial charge in [0.05, 0.1) is 0 Å². The van der Waals surface area contributed by atoms with Gasteiger partial charge in [0.1, 0.15) is 0 Å². The van der Waals surface area contributed by atoms with Crippen molar-refractivity contribution in [3.05, 3.63) is 0 Å². The van der Waals surface area contributed by atoms with Crippen LogP contribution in [-0.2, 0) is 17.0 Å². The first-order valence-corrected chi connectivity index (χ1v) is 7.00. The fourth-order valence-electron chi connectivity index (χ4n) is 0. The molecule has 9 heteroatoms. The van der Waals surface area contributed by atoms with E-state index >= 15 is 0 Å². The van der Waals surface area contributed by atoms with Crippen LogP contribution in [0.2, 0.25) is 0 Å². The van der Waals surface area contributed by atoms with Crippen LogP contribution in [0, 0.1) is 0 Å². The molecular weight excluding hydrogens is 265 g/mol. The summed E-state index contributed by atoms with van der Waals surface area (Å²) in [5.41, 5.74) is 0. The van der Waals surface area contributed by atoms with E-state index in [1.54, 1.807) is 0 Å². The molecule has 0 aromatic carbocycles. The summed E-state index contributed by atoms with van der Waals surface area (Å²) in [7, 11) is 0. The summed E-state index contributed by atoms with van der Waals surface area (Å²) in [6, 6.07) is 0. The van der Waals surface area contributed by atoms with E-state index in [2.05, 4.69) is 0 Å². The third kappa shape index (κ3) is 173. The predicted molar refractivity (Wildman–Crippen MR) is 7.76 cm³/mol. The standard InChI is InChI=1S/7FH.K.Nb/h7*1H;;/q;;;;;;;+1;+5/p-7. The Labute approximate surface area is 87.9 Å². The third-order valence-electron chi connectivity index (χ3n) is 0. The van der Waals surface area contributed by atoms with Gasteiger partial charge in [0.25, 0.3) is 0 Å². The van der Waals surface area contributed by atoms with E-state index in [9.17, 15) is 21.2 Å². The van der Waals surface area contributed by atoms with Crippen molar-refractivity contribution in [3.8, 4) is 0 Å². The van der Waals surface area contributed by atoms with Gasteiger partial charge in [-0.2, -0.15) is 0 Å². The van der Waals surface area contributed by atoms with Crippen LogP contribution in [0.4, 0.5) is 21.2 Å². The molecule has 0 aliphatic heterocycles. The summed E-state index contributed by atoms with van der Waals surface area (Å²) < 4.78 is 69.6. The molecule has 0 aliphatic carbocycles. The molecule has 0 saturated heterocycles. The smallest absolute Gasteiger partial charge is 1.00 e. The summed E-state index contributed by atoms with van der Waals surface area (Å²) in [4.78, 5) is 0. The Morgan fingerprint density at radius 3 is 0.556 bits per heavy atom. The number of rotatable bonds is 0. The zero-order valence-electron chi connectivity index (χ0n) is 4.09. The monoisotopic (exact) mass is 265 g/mol. The molecule has 0 fully saturated rings. The van der Waals surface area contributed by atoms with Gasteiger partial charge in [0, 0.05) is 0 Å². The summed E-state index contributed by atoms with van der Waals surface area (Å²) in [6.07, 6.45) is 0. The molecule has 0 aliphatic rings. The molecule has 0 radical (unpaired) electrons. The van der Waals surface area contributed by atoms with Crippen LogP contribution in [-0.4, -0.2) is 0 Å². The van der Waals surface area contributed by atoms with E-state index in [1.807, 2.05) is 0 Å². The van der Waals surface area contributed by atoms with E-state index in [0.29, 0.717) is 0 Å². The number of hydrogen-bond donors (Lipinski definition) is 0. The van der Waals surface area contributed by atoms with Crippen molar-refractivity contribution in [3.63, 3.8) is 0 Å². The first-order chi connectivity index (χ1) is 2.65. The molecule has 0 rings (SSSR count). The Hall–Kier alpha value is 1.89. The SMILES string of the molecule is [F][Nb-2]([F])([F])([F])([F])([F])[F].[K+]. The minimum absolute atomic E-state index is 0. The second kappa shape index (κ2) is 1.49. The Bertz CT molecular complexity index is 101. The molecule has 0 nitrogen and oxygen atoms in total. The molecule has 0 spiro atoms. The molecule has 0 saturated carbocycles. The summed E-state index contributed by atoms with van der Waals surface area (Å²) in [6.45, 7) is 0. The van der Waals surface area contributed by atoms with Crippen molar-refractivity contribution < 1.29 is 89.6 Å². The third-order valence-corrected chi connectivity index (χ3v) is 0. The van der Waals surface area contributed by atoms with Crippen LogP contribution in [0.15, 0.2) is 0 Å². The first kappa shape index (κ1) is 13.5. The van der Waals surface area contributed by atoms with Crippen LogP contribution < -0.4 is 51.4 Å². The molecule has 9 heavy (non-hydrogen) atoms. The van der Waals surface area contributed by atoms with Gasteiger partial charge < -0.3 is 0 Å². The molecule has 0 unspecified atom stereocenters. The molecule has 0 bridgehead atoms. The van der Waals surface area contributed by atoms with E-state index in [-0.39, 0.29) is 51.4 Å². The molecule has 0 aromatic rings. The van der Waals surface area contributed by atoms with Crippen LogP contribution in [0.25, 0.3) is 0 Å².